The van der Waals surface area contributed by atoms with E-state index in [0.29, 0.717) is 12.1 Å². The number of likely N-dealkylation sites (tertiary alicyclic amines) is 1. The molecule has 1 saturated heterocycles. The zero-order chi connectivity index (χ0) is 13.1. The van der Waals surface area contributed by atoms with E-state index in [4.69, 9.17) is 0 Å². The molecule has 1 aliphatic heterocycles. The number of aromatic nitrogens is 2. The van der Waals surface area contributed by atoms with E-state index in [1.54, 1.807) is 0 Å². The van der Waals surface area contributed by atoms with Gasteiger partial charge in [-0.1, -0.05) is 0 Å². The molecule has 2 N–H and O–H groups in total. The third-order valence-corrected chi connectivity index (χ3v) is 3.97. The molecule has 0 bridgehead atoms. The van der Waals surface area contributed by atoms with Crippen molar-refractivity contribution < 1.29 is 0 Å². The van der Waals surface area contributed by atoms with Crippen molar-refractivity contribution in [3.05, 3.63) is 11.4 Å². The van der Waals surface area contributed by atoms with Crippen molar-refractivity contribution in [3.8, 4) is 0 Å². The first-order chi connectivity index (χ1) is 8.58. The van der Waals surface area contributed by atoms with E-state index >= 15 is 0 Å². The first-order valence-corrected chi connectivity index (χ1v) is 7.10. The minimum Gasteiger partial charge on any atom is -0.379 e. The molecule has 0 aromatic carbocycles. The number of H-pyrrole nitrogens is 1. The summed E-state index contributed by atoms with van der Waals surface area (Å²) in [6.45, 7) is 11.2. The number of nitrogens with one attached hydrogen (secondary N) is 2. The summed E-state index contributed by atoms with van der Waals surface area (Å²) in [6, 6.07) is 1.25. The van der Waals surface area contributed by atoms with Crippen LogP contribution >= 0.6 is 0 Å². The number of rotatable bonds is 3. The van der Waals surface area contributed by atoms with E-state index in [1.807, 2.05) is 0 Å². The number of aromatic amines is 1. The van der Waals surface area contributed by atoms with Gasteiger partial charge in [0.05, 0.1) is 17.1 Å². The Morgan fingerprint density at radius 2 is 2.06 bits per heavy atom. The minimum absolute atomic E-state index is 0.587. The smallest absolute Gasteiger partial charge is 0.0825 e. The maximum atomic E-state index is 4.25. The van der Waals surface area contributed by atoms with Gasteiger partial charge in [0.2, 0.25) is 0 Å². The van der Waals surface area contributed by atoms with Crippen LogP contribution in [-0.4, -0.2) is 40.3 Å². The Morgan fingerprint density at radius 1 is 1.28 bits per heavy atom. The molecule has 4 heteroatoms. The second-order valence-corrected chi connectivity index (χ2v) is 5.71. The molecule has 1 aromatic rings. The highest BCUT2D eigenvalue weighted by atomic mass is 15.2. The summed E-state index contributed by atoms with van der Waals surface area (Å²) in [4.78, 5) is 2.58. The topological polar surface area (TPSA) is 44.0 Å². The lowest BCUT2D eigenvalue weighted by Crippen LogP contribution is -2.32. The fraction of sp³-hybridized carbons (Fsp3) is 0.786. The van der Waals surface area contributed by atoms with Crippen LogP contribution in [0.25, 0.3) is 0 Å². The fourth-order valence-corrected chi connectivity index (χ4v) is 2.75. The molecule has 1 unspecified atom stereocenters. The summed E-state index contributed by atoms with van der Waals surface area (Å²) in [6.07, 6.45) is 3.77. The van der Waals surface area contributed by atoms with Gasteiger partial charge in [-0.05, 0) is 53.5 Å². The van der Waals surface area contributed by atoms with Crippen LogP contribution in [-0.2, 0) is 0 Å². The highest BCUT2D eigenvalue weighted by molar-refractivity contribution is 5.52. The van der Waals surface area contributed by atoms with Crippen LogP contribution in [0.4, 0.5) is 5.69 Å². The number of anilines is 1. The number of hydrogen-bond donors (Lipinski definition) is 2. The lowest BCUT2D eigenvalue weighted by Gasteiger charge is -2.24. The van der Waals surface area contributed by atoms with Gasteiger partial charge in [0, 0.05) is 18.6 Å². The molecule has 1 aliphatic rings. The van der Waals surface area contributed by atoms with Gasteiger partial charge in [0.15, 0.2) is 0 Å². The van der Waals surface area contributed by atoms with Crippen molar-refractivity contribution in [1.82, 2.24) is 15.1 Å². The van der Waals surface area contributed by atoms with Crippen LogP contribution in [0.15, 0.2) is 0 Å². The zero-order valence-corrected chi connectivity index (χ0v) is 12.1. The van der Waals surface area contributed by atoms with E-state index in [1.165, 1.54) is 38.0 Å². The van der Waals surface area contributed by atoms with Crippen molar-refractivity contribution in [2.24, 2.45) is 0 Å². The van der Waals surface area contributed by atoms with Crippen LogP contribution in [0.5, 0.6) is 0 Å². The fourth-order valence-electron chi connectivity index (χ4n) is 2.75. The largest absolute Gasteiger partial charge is 0.379 e. The van der Waals surface area contributed by atoms with Crippen LogP contribution in [0.2, 0.25) is 0 Å². The third-order valence-electron chi connectivity index (χ3n) is 3.97. The average molecular weight is 250 g/mol. The van der Waals surface area contributed by atoms with Gasteiger partial charge in [0.1, 0.15) is 0 Å². The van der Waals surface area contributed by atoms with Crippen molar-refractivity contribution >= 4 is 5.69 Å². The number of hydrogen-bond acceptors (Lipinski definition) is 3. The zero-order valence-electron chi connectivity index (χ0n) is 12.1. The second kappa shape index (κ2) is 5.74. The van der Waals surface area contributed by atoms with Gasteiger partial charge in [-0.25, -0.2) is 0 Å². The summed E-state index contributed by atoms with van der Waals surface area (Å²) in [5.74, 6) is 0. The van der Waals surface area contributed by atoms with Gasteiger partial charge in [-0.2, -0.15) is 5.10 Å². The summed E-state index contributed by atoms with van der Waals surface area (Å²) in [7, 11) is 0. The number of nitrogens with zero attached hydrogens (tertiary/aromatic N) is 2. The minimum atomic E-state index is 0.587. The molecule has 2 rings (SSSR count). The first kappa shape index (κ1) is 13.4. The molecule has 0 aliphatic carbocycles. The quantitative estimate of drug-likeness (QED) is 0.867. The summed E-state index contributed by atoms with van der Waals surface area (Å²) in [5, 5.41) is 11.0. The highest BCUT2D eigenvalue weighted by Crippen LogP contribution is 2.22. The van der Waals surface area contributed by atoms with Crippen molar-refractivity contribution in [3.63, 3.8) is 0 Å². The maximum absolute atomic E-state index is 4.25. The Bertz CT molecular complexity index is 364. The summed E-state index contributed by atoms with van der Waals surface area (Å²) >= 11 is 0. The molecule has 1 aromatic heterocycles. The standard InChI is InChI=1S/C14H26N4/c1-10(2)18-8-5-6-13(7-9-18)15-14-11(3)16-17-12(14)4/h10,13,15H,5-9H2,1-4H3,(H,16,17). The van der Waals surface area contributed by atoms with Gasteiger partial charge in [0.25, 0.3) is 0 Å². The molecule has 0 amide bonds. The SMILES string of the molecule is Cc1n[nH]c(C)c1NC1CCCN(C(C)C)CC1. The van der Waals surface area contributed by atoms with Crippen LogP contribution < -0.4 is 5.32 Å². The molecule has 1 atom stereocenters. The van der Waals surface area contributed by atoms with Crippen molar-refractivity contribution in [2.45, 2.75) is 59.0 Å². The van der Waals surface area contributed by atoms with Crippen molar-refractivity contribution in [2.75, 3.05) is 18.4 Å². The molecule has 18 heavy (non-hydrogen) atoms. The molecule has 1 fully saturated rings. The molecule has 0 spiro atoms. The molecule has 0 saturated carbocycles. The molecular formula is C14H26N4. The summed E-state index contributed by atoms with van der Waals surface area (Å²) < 4.78 is 0. The van der Waals surface area contributed by atoms with Crippen LogP contribution in [0.1, 0.15) is 44.5 Å². The molecule has 4 nitrogen and oxygen atoms in total. The van der Waals surface area contributed by atoms with Gasteiger partial charge in [-0.15, -0.1) is 0 Å². The Morgan fingerprint density at radius 3 is 2.67 bits per heavy atom. The second-order valence-electron chi connectivity index (χ2n) is 5.71. The summed E-state index contributed by atoms with van der Waals surface area (Å²) in [5.41, 5.74) is 3.44. The van der Waals surface area contributed by atoms with Crippen LogP contribution in [0.3, 0.4) is 0 Å². The van der Waals surface area contributed by atoms with E-state index in [2.05, 4.69) is 48.1 Å². The Hall–Kier alpha value is -1.03. The first-order valence-electron chi connectivity index (χ1n) is 7.10. The molecule has 0 radical (unpaired) electrons. The molecular weight excluding hydrogens is 224 g/mol. The lowest BCUT2D eigenvalue weighted by atomic mass is 10.1. The number of aryl methyl sites for hydroxylation is 2. The molecule has 2 heterocycles. The predicted molar refractivity (Wildman–Crippen MR) is 76.0 cm³/mol. The normalized spacial score (nSPS) is 22.2. The van der Waals surface area contributed by atoms with Crippen LogP contribution in [0, 0.1) is 13.8 Å². The monoisotopic (exact) mass is 250 g/mol. The highest BCUT2D eigenvalue weighted by Gasteiger charge is 2.19. The Balaban J connectivity index is 1.95. The van der Waals surface area contributed by atoms with Crippen molar-refractivity contribution in [1.29, 1.82) is 0 Å². The lowest BCUT2D eigenvalue weighted by molar-refractivity contribution is 0.230. The predicted octanol–water partition coefficient (Wildman–Crippen LogP) is 2.70. The Kier molecular flexibility index (Phi) is 4.27. The Labute approximate surface area is 110 Å². The van der Waals surface area contributed by atoms with E-state index < -0.39 is 0 Å². The maximum Gasteiger partial charge on any atom is 0.0825 e. The van der Waals surface area contributed by atoms with E-state index in [-0.39, 0.29) is 0 Å². The van der Waals surface area contributed by atoms with Gasteiger partial charge < -0.3 is 10.2 Å². The van der Waals surface area contributed by atoms with E-state index in [0.717, 1.165) is 11.4 Å². The van der Waals surface area contributed by atoms with E-state index in [9.17, 15) is 0 Å². The van der Waals surface area contributed by atoms with Gasteiger partial charge in [-0.3, -0.25) is 5.10 Å². The average Bonchev–Trinajstić information content (AvgIpc) is 2.57. The molecule has 102 valence electrons. The van der Waals surface area contributed by atoms with Gasteiger partial charge >= 0.3 is 0 Å². The third kappa shape index (κ3) is 3.05.